The van der Waals surface area contributed by atoms with Gasteiger partial charge in [-0.1, -0.05) is 6.07 Å². The van der Waals surface area contributed by atoms with Crippen molar-refractivity contribution in [3.05, 3.63) is 78.2 Å². The zero-order valence-electron chi connectivity index (χ0n) is 16.2. The molecule has 158 valence electrons. The van der Waals surface area contributed by atoms with E-state index in [1.54, 1.807) is 36.4 Å². The maximum absolute atomic E-state index is 13.0. The highest BCUT2D eigenvalue weighted by Gasteiger charge is 2.21. The zero-order chi connectivity index (χ0) is 22.4. The molecule has 1 heterocycles. The van der Waals surface area contributed by atoms with E-state index in [0.717, 1.165) is 0 Å². The average Bonchev–Trinajstić information content (AvgIpc) is 2.75. The van der Waals surface area contributed by atoms with Gasteiger partial charge in [-0.2, -0.15) is 0 Å². The number of nitrogens with one attached hydrogen (secondary N) is 1. The minimum atomic E-state index is -1.22. The van der Waals surface area contributed by atoms with Crippen LogP contribution in [0.3, 0.4) is 0 Å². The number of nitrogens with two attached hydrogens (primary N) is 2. The monoisotopic (exact) mass is 422 g/mol. The summed E-state index contributed by atoms with van der Waals surface area (Å²) in [5.41, 5.74) is 11.5. The summed E-state index contributed by atoms with van der Waals surface area (Å²) >= 11 is 0. The lowest BCUT2D eigenvalue weighted by atomic mass is 10.1. The lowest BCUT2D eigenvalue weighted by molar-refractivity contribution is -0.124. The number of hydrogen-bond acceptors (Lipinski definition) is 5. The van der Waals surface area contributed by atoms with Crippen LogP contribution in [0.2, 0.25) is 0 Å². The lowest BCUT2D eigenvalue weighted by Crippen LogP contribution is -2.46. The van der Waals surface area contributed by atoms with Crippen molar-refractivity contribution < 1.29 is 23.5 Å². The zero-order valence-corrected chi connectivity index (χ0v) is 16.2. The van der Waals surface area contributed by atoms with E-state index >= 15 is 0 Å². The number of aromatic nitrogens is 1. The highest BCUT2D eigenvalue weighted by atomic mass is 19.1. The second-order valence-electron chi connectivity index (χ2n) is 6.59. The Hall–Kier alpha value is -4.27. The van der Waals surface area contributed by atoms with Gasteiger partial charge in [-0.3, -0.25) is 14.4 Å². The van der Waals surface area contributed by atoms with Crippen molar-refractivity contribution in [1.29, 1.82) is 0 Å². The molecular weight excluding hydrogens is 403 g/mol. The van der Waals surface area contributed by atoms with Gasteiger partial charge >= 0.3 is 0 Å². The largest absolute Gasteiger partial charge is 0.457 e. The Morgan fingerprint density at radius 3 is 2.13 bits per heavy atom. The molecule has 0 unspecified atom stereocenters. The smallest absolute Gasteiger partial charge is 0.270 e. The van der Waals surface area contributed by atoms with Crippen molar-refractivity contribution >= 4 is 17.7 Å². The Bertz CT molecular complexity index is 1100. The van der Waals surface area contributed by atoms with Crippen LogP contribution in [0.25, 0.3) is 11.3 Å². The molecule has 0 saturated carbocycles. The summed E-state index contributed by atoms with van der Waals surface area (Å²) in [6.45, 7) is 0. The molecule has 0 spiro atoms. The van der Waals surface area contributed by atoms with Crippen molar-refractivity contribution in [2.24, 2.45) is 11.5 Å². The van der Waals surface area contributed by atoms with Crippen LogP contribution in [0.5, 0.6) is 11.5 Å². The Kier molecular flexibility index (Phi) is 6.56. The number of carbonyl (C=O) groups excluding carboxylic acids is 3. The predicted octanol–water partition coefficient (Wildman–Crippen LogP) is 2.14. The highest BCUT2D eigenvalue weighted by molar-refractivity contribution is 5.97. The van der Waals surface area contributed by atoms with Gasteiger partial charge in [-0.15, -0.1) is 0 Å². The molecule has 0 aliphatic carbocycles. The van der Waals surface area contributed by atoms with Crippen molar-refractivity contribution in [2.45, 2.75) is 12.5 Å². The van der Waals surface area contributed by atoms with E-state index in [-0.39, 0.29) is 11.5 Å². The fourth-order valence-electron chi connectivity index (χ4n) is 2.71. The molecule has 8 nitrogen and oxygen atoms in total. The molecule has 3 amide bonds. The van der Waals surface area contributed by atoms with E-state index in [1.165, 1.54) is 30.3 Å². The van der Waals surface area contributed by atoms with Crippen LogP contribution in [0.4, 0.5) is 4.39 Å². The molecule has 3 aromatic rings. The third-order valence-electron chi connectivity index (χ3n) is 4.24. The normalized spacial score (nSPS) is 11.4. The maximum Gasteiger partial charge on any atom is 0.270 e. The summed E-state index contributed by atoms with van der Waals surface area (Å²) in [4.78, 5) is 39.2. The minimum absolute atomic E-state index is 0.0415. The first kappa shape index (κ1) is 21.4. The van der Waals surface area contributed by atoms with Crippen LogP contribution >= 0.6 is 0 Å². The Labute approximate surface area is 177 Å². The first-order chi connectivity index (χ1) is 14.8. The lowest BCUT2D eigenvalue weighted by Gasteiger charge is -2.13. The van der Waals surface area contributed by atoms with Crippen molar-refractivity contribution in [3.8, 4) is 22.8 Å². The van der Waals surface area contributed by atoms with Gasteiger partial charge < -0.3 is 21.5 Å². The molecule has 0 radical (unpaired) electrons. The third-order valence-corrected chi connectivity index (χ3v) is 4.24. The number of halogens is 1. The topological polar surface area (TPSA) is 137 Å². The number of rotatable bonds is 8. The molecular formula is C22H19FN4O4. The SMILES string of the molecule is NC(=O)C[C@H](NC(=O)c1cccc(-c2ccc(Oc3ccc(F)cc3)cc2)n1)C(N)=O. The summed E-state index contributed by atoms with van der Waals surface area (Å²) < 4.78 is 18.6. The second-order valence-corrected chi connectivity index (χ2v) is 6.59. The molecule has 0 fully saturated rings. The first-order valence-electron chi connectivity index (χ1n) is 9.21. The summed E-state index contributed by atoms with van der Waals surface area (Å²) in [5, 5.41) is 2.36. The Morgan fingerprint density at radius 2 is 1.55 bits per heavy atom. The van der Waals surface area contributed by atoms with Crippen LogP contribution in [0, 0.1) is 5.82 Å². The number of benzene rings is 2. The van der Waals surface area contributed by atoms with Crippen LogP contribution in [0.15, 0.2) is 66.7 Å². The van der Waals surface area contributed by atoms with Crippen LogP contribution in [0.1, 0.15) is 16.9 Å². The molecule has 0 aliphatic heterocycles. The number of nitrogens with zero attached hydrogens (tertiary/aromatic N) is 1. The van der Waals surface area contributed by atoms with Crippen molar-refractivity contribution in [3.63, 3.8) is 0 Å². The number of ether oxygens (including phenoxy) is 1. The number of amides is 3. The summed E-state index contributed by atoms with van der Waals surface area (Å²) in [6, 6.07) is 16.2. The van der Waals surface area contributed by atoms with Crippen LogP contribution < -0.4 is 21.5 Å². The van der Waals surface area contributed by atoms with E-state index in [4.69, 9.17) is 16.2 Å². The maximum atomic E-state index is 13.0. The molecule has 0 saturated heterocycles. The van der Waals surface area contributed by atoms with Gasteiger partial charge in [0.1, 0.15) is 29.1 Å². The molecule has 0 aliphatic rings. The molecule has 1 aromatic heterocycles. The van der Waals surface area contributed by atoms with Gasteiger partial charge in [0.25, 0.3) is 5.91 Å². The minimum Gasteiger partial charge on any atom is -0.457 e. The summed E-state index contributed by atoms with van der Waals surface area (Å²) in [7, 11) is 0. The van der Waals surface area contributed by atoms with Crippen molar-refractivity contribution in [2.75, 3.05) is 0 Å². The van der Waals surface area contributed by atoms with Crippen LogP contribution in [-0.4, -0.2) is 28.7 Å². The molecule has 3 rings (SSSR count). The molecule has 2 aromatic carbocycles. The number of hydrogen-bond donors (Lipinski definition) is 3. The average molecular weight is 422 g/mol. The predicted molar refractivity (Wildman–Crippen MR) is 110 cm³/mol. The fraction of sp³-hybridized carbons (Fsp3) is 0.0909. The van der Waals surface area contributed by atoms with Gasteiger partial charge in [0.15, 0.2) is 0 Å². The van der Waals surface area contributed by atoms with Gasteiger partial charge in [0.2, 0.25) is 11.8 Å². The van der Waals surface area contributed by atoms with E-state index < -0.39 is 30.2 Å². The standard InChI is InChI=1S/C22H19FN4O4/c23-14-6-10-16(11-7-14)31-15-8-4-13(5-9-15)17-2-1-3-18(26-17)22(30)27-19(21(25)29)12-20(24)28/h1-11,19H,12H2,(H2,24,28)(H2,25,29)(H,27,30)/t19-/m0/s1. The van der Waals surface area contributed by atoms with Gasteiger partial charge in [0.05, 0.1) is 12.1 Å². The first-order valence-corrected chi connectivity index (χ1v) is 9.21. The van der Waals surface area contributed by atoms with E-state index in [9.17, 15) is 18.8 Å². The van der Waals surface area contributed by atoms with E-state index in [0.29, 0.717) is 22.8 Å². The molecule has 0 bridgehead atoms. The van der Waals surface area contributed by atoms with E-state index in [2.05, 4.69) is 10.3 Å². The molecule has 1 atom stereocenters. The molecule has 31 heavy (non-hydrogen) atoms. The quantitative estimate of drug-likeness (QED) is 0.511. The number of pyridine rings is 1. The Balaban J connectivity index is 1.73. The van der Waals surface area contributed by atoms with Gasteiger partial charge in [0, 0.05) is 5.56 Å². The highest BCUT2D eigenvalue weighted by Crippen LogP contribution is 2.25. The summed E-state index contributed by atoms with van der Waals surface area (Å²) in [5.74, 6) is -1.63. The molecule has 9 heteroatoms. The van der Waals surface area contributed by atoms with Gasteiger partial charge in [-0.25, -0.2) is 9.37 Å². The van der Waals surface area contributed by atoms with Gasteiger partial charge in [-0.05, 0) is 60.7 Å². The fourth-order valence-corrected chi connectivity index (χ4v) is 2.71. The second kappa shape index (κ2) is 9.49. The number of primary amides is 2. The summed E-state index contributed by atoms with van der Waals surface area (Å²) in [6.07, 6.45) is -0.406. The van der Waals surface area contributed by atoms with Crippen LogP contribution in [-0.2, 0) is 9.59 Å². The number of carbonyl (C=O) groups is 3. The molecule has 5 N–H and O–H groups in total. The Morgan fingerprint density at radius 1 is 0.935 bits per heavy atom. The third kappa shape index (κ3) is 5.86. The van der Waals surface area contributed by atoms with Crippen molar-refractivity contribution in [1.82, 2.24) is 10.3 Å². The van der Waals surface area contributed by atoms with E-state index in [1.807, 2.05) is 0 Å².